The van der Waals surface area contributed by atoms with Crippen LogP contribution in [0.2, 0.25) is 0 Å². The Bertz CT molecular complexity index is 1490. The van der Waals surface area contributed by atoms with Gasteiger partial charge < -0.3 is 14.0 Å². The molecule has 3 heterocycles. The minimum Gasteiger partial charge on any atom is -0.496 e. The van der Waals surface area contributed by atoms with Crippen LogP contribution in [0.25, 0.3) is 11.0 Å². The summed E-state index contributed by atoms with van der Waals surface area (Å²) in [5.74, 6) is -5.40. The van der Waals surface area contributed by atoms with E-state index in [9.17, 15) is 21.6 Å². The summed E-state index contributed by atoms with van der Waals surface area (Å²) in [5.41, 5.74) is 0.223. The fraction of sp³-hybridized carbons (Fsp3) is 0.238. The molecule has 9 nitrogen and oxygen atoms in total. The number of fused-ring (bicyclic) bond motifs is 2. The van der Waals surface area contributed by atoms with Crippen LogP contribution >= 0.6 is 0 Å². The molecule has 178 valence electrons. The normalized spacial score (nSPS) is 15.1. The third kappa shape index (κ3) is 3.71. The van der Waals surface area contributed by atoms with E-state index in [4.69, 9.17) is 14.0 Å². The van der Waals surface area contributed by atoms with Crippen LogP contribution in [0.15, 0.2) is 52.1 Å². The predicted molar refractivity (Wildman–Crippen MR) is 113 cm³/mol. The quantitative estimate of drug-likeness (QED) is 0.433. The van der Waals surface area contributed by atoms with Crippen LogP contribution in [0.3, 0.4) is 0 Å². The van der Waals surface area contributed by atoms with Gasteiger partial charge in [0.05, 0.1) is 32.2 Å². The molecule has 0 fully saturated rings. The van der Waals surface area contributed by atoms with Crippen LogP contribution in [0.1, 0.15) is 17.5 Å². The summed E-state index contributed by atoms with van der Waals surface area (Å²) in [7, 11) is -3.37. The zero-order valence-electron chi connectivity index (χ0n) is 17.6. The number of benzene rings is 2. The minimum absolute atomic E-state index is 0.173. The number of rotatable bonds is 6. The van der Waals surface area contributed by atoms with Crippen LogP contribution in [-0.4, -0.2) is 37.1 Å². The number of nitrogens with zero attached hydrogens (tertiary/aromatic N) is 3. The van der Waals surface area contributed by atoms with Gasteiger partial charge in [0.1, 0.15) is 17.0 Å². The van der Waals surface area contributed by atoms with Gasteiger partial charge in [-0.05, 0) is 35.9 Å². The summed E-state index contributed by atoms with van der Waals surface area (Å²) in [6, 6.07) is 6.52. The zero-order chi connectivity index (χ0) is 24.1. The number of aromatic nitrogens is 3. The average Bonchev–Trinajstić information content (AvgIpc) is 3.42. The Kier molecular flexibility index (Phi) is 5.15. The van der Waals surface area contributed by atoms with E-state index in [2.05, 4.69) is 15.0 Å². The van der Waals surface area contributed by atoms with Crippen molar-refractivity contribution in [2.24, 2.45) is 0 Å². The number of halogens is 3. The molecular formula is C21H17F3N4O5S. The van der Waals surface area contributed by atoms with Crippen molar-refractivity contribution in [2.75, 3.05) is 18.4 Å². The maximum atomic E-state index is 14.6. The number of methoxy groups -OCH3 is 1. The lowest BCUT2D eigenvalue weighted by molar-refractivity contribution is -0.0416. The topological polar surface area (TPSA) is 108 Å². The molecule has 2 aromatic carbocycles. The standard InChI is InChI=1S/C21H17F3N4O5S/c1-31-15-9-12(11-28-7-2-6-25-28)10-16-17(15)20(26-33-16)27-34(29,30)19-14(22)4-3-13-18(19)32-8-5-21(13,23)24/h2-4,6-7,9-10H,5,8,11H2,1H3,(H,26,27). The summed E-state index contributed by atoms with van der Waals surface area (Å²) in [5, 5.41) is 8.04. The van der Waals surface area contributed by atoms with Crippen LogP contribution < -0.4 is 14.2 Å². The molecule has 5 rings (SSSR count). The van der Waals surface area contributed by atoms with Crippen molar-refractivity contribution in [3.63, 3.8) is 0 Å². The lowest BCUT2D eigenvalue weighted by atomic mass is 10.0. The summed E-state index contributed by atoms with van der Waals surface area (Å²) in [6.45, 7) is -0.0836. The van der Waals surface area contributed by atoms with E-state index >= 15 is 0 Å². The van der Waals surface area contributed by atoms with E-state index in [0.717, 1.165) is 11.6 Å². The third-order valence-electron chi connectivity index (χ3n) is 5.34. The number of alkyl halides is 2. The van der Waals surface area contributed by atoms with Crippen molar-refractivity contribution in [2.45, 2.75) is 23.8 Å². The first-order valence-corrected chi connectivity index (χ1v) is 11.5. The van der Waals surface area contributed by atoms with Gasteiger partial charge in [-0.15, -0.1) is 0 Å². The minimum atomic E-state index is -4.75. The van der Waals surface area contributed by atoms with Crippen molar-refractivity contribution in [1.29, 1.82) is 0 Å². The number of hydrogen-bond acceptors (Lipinski definition) is 7. The predicted octanol–water partition coefficient (Wildman–Crippen LogP) is 3.90. The van der Waals surface area contributed by atoms with Gasteiger partial charge in [0.25, 0.3) is 15.9 Å². The second-order valence-electron chi connectivity index (χ2n) is 7.57. The molecule has 0 saturated heterocycles. The van der Waals surface area contributed by atoms with E-state index < -0.39 is 51.0 Å². The fourth-order valence-electron chi connectivity index (χ4n) is 3.81. The van der Waals surface area contributed by atoms with E-state index in [0.29, 0.717) is 12.6 Å². The molecule has 0 bridgehead atoms. The van der Waals surface area contributed by atoms with Crippen LogP contribution in [-0.2, 0) is 22.5 Å². The highest BCUT2D eigenvalue weighted by atomic mass is 32.2. The van der Waals surface area contributed by atoms with Gasteiger partial charge in [0, 0.05) is 12.4 Å². The Morgan fingerprint density at radius 1 is 1.29 bits per heavy atom. The Balaban J connectivity index is 1.56. The largest absolute Gasteiger partial charge is 0.496 e. The van der Waals surface area contributed by atoms with Gasteiger partial charge in [-0.2, -0.15) is 5.10 Å². The van der Waals surface area contributed by atoms with Gasteiger partial charge in [0.2, 0.25) is 0 Å². The Morgan fingerprint density at radius 2 is 2.12 bits per heavy atom. The van der Waals surface area contributed by atoms with Crippen molar-refractivity contribution in [3.8, 4) is 11.5 Å². The molecular weight excluding hydrogens is 477 g/mol. The molecule has 4 aromatic rings. The first-order valence-electron chi connectivity index (χ1n) is 10.00. The van der Waals surface area contributed by atoms with Crippen LogP contribution in [0.4, 0.5) is 19.0 Å². The van der Waals surface area contributed by atoms with Crippen molar-refractivity contribution in [1.82, 2.24) is 14.9 Å². The highest BCUT2D eigenvalue weighted by Crippen LogP contribution is 2.45. The number of anilines is 1. The summed E-state index contributed by atoms with van der Waals surface area (Å²) in [6.07, 6.45) is 2.74. The van der Waals surface area contributed by atoms with Gasteiger partial charge in [-0.25, -0.2) is 21.6 Å². The Morgan fingerprint density at radius 3 is 2.85 bits per heavy atom. The second kappa shape index (κ2) is 7.94. The van der Waals surface area contributed by atoms with Gasteiger partial charge in [-0.1, -0.05) is 5.16 Å². The summed E-state index contributed by atoms with van der Waals surface area (Å²) >= 11 is 0. The van der Waals surface area contributed by atoms with Gasteiger partial charge in [-0.3, -0.25) is 9.40 Å². The highest BCUT2D eigenvalue weighted by molar-refractivity contribution is 7.92. The lowest BCUT2D eigenvalue weighted by Crippen LogP contribution is -2.27. The number of nitrogens with one attached hydrogen (secondary N) is 1. The zero-order valence-corrected chi connectivity index (χ0v) is 18.4. The molecule has 0 unspecified atom stereocenters. The molecule has 0 radical (unpaired) electrons. The first kappa shape index (κ1) is 22.1. The molecule has 1 aliphatic heterocycles. The SMILES string of the molecule is COc1cc(Cn2cccn2)cc2onc(NS(=O)(=O)c3c(F)ccc4c3OCCC4(F)F)c12. The van der Waals surface area contributed by atoms with Crippen molar-refractivity contribution < 1.29 is 35.6 Å². The molecule has 1 aliphatic rings. The molecule has 0 spiro atoms. The van der Waals surface area contributed by atoms with Gasteiger partial charge in [0.15, 0.2) is 22.0 Å². The lowest BCUT2D eigenvalue weighted by Gasteiger charge is -2.27. The highest BCUT2D eigenvalue weighted by Gasteiger charge is 2.42. The molecule has 0 amide bonds. The second-order valence-corrected chi connectivity index (χ2v) is 9.19. The molecule has 13 heteroatoms. The third-order valence-corrected chi connectivity index (χ3v) is 6.72. The van der Waals surface area contributed by atoms with Crippen LogP contribution in [0, 0.1) is 5.82 Å². The number of sulfonamides is 1. The molecule has 1 N–H and O–H groups in total. The Labute approximate surface area is 191 Å². The molecule has 0 aliphatic carbocycles. The maximum absolute atomic E-state index is 14.6. The molecule has 0 atom stereocenters. The summed E-state index contributed by atoms with van der Waals surface area (Å²) in [4.78, 5) is -1.03. The number of hydrogen-bond donors (Lipinski definition) is 1. The Hall–Kier alpha value is -3.74. The van der Waals surface area contributed by atoms with Crippen molar-refractivity contribution >= 4 is 26.8 Å². The van der Waals surface area contributed by atoms with E-state index in [1.807, 2.05) is 0 Å². The van der Waals surface area contributed by atoms with E-state index in [1.165, 1.54) is 7.11 Å². The summed E-state index contributed by atoms with van der Waals surface area (Å²) < 4.78 is 89.0. The maximum Gasteiger partial charge on any atom is 0.280 e. The van der Waals surface area contributed by atoms with Gasteiger partial charge >= 0.3 is 0 Å². The van der Waals surface area contributed by atoms with Crippen LogP contribution in [0.5, 0.6) is 11.5 Å². The number of ether oxygens (including phenoxy) is 2. The molecule has 2 aromatic heterocycles. The molecule has 34 heavy (non-hydrogen) atoms. The molecule has 0 saturated carbocycles. The average molecular weight is 494 g/mol. The van der Waals surface area contributed by atoms with Crippen molar-refractivity contribution in [3.05, 3.63) is 59.7 Å². The van der Waals surface area contributed by atoms with E-state index in [-0.39, 0.29) is 22.5 Å². The monoisotopic (exact) mass is 494 g/mol. The fourth-order valence-corrected chi connectivity index (χ4v) is 5.04. The first-order chi connectivity index (χ1) is 16.2. The smallest absolute Gasteiger partial charge is 0.280 e. The van der Waals surface area contributed by atoms with E-state index in [1.54, 1.807) is 35.3 Å².